The van der Waals surface area contributed by atoms with Crippen molar-refractivity contribution in [1.29, 1.82) is 0 Å². The van der Waals surface area contributed by atoms with Gasteiger partial charge >= 0.3 is 5.97 Å². The molecule has 1 aliphatic heterocycles. The molecule has 0 radical (unpaired) electrons. The minimum atomic E-state index is -3.60. The van der Waals surface area contributed by atoms with E-state index in [4.69, 9.17) is 5.11 Å². The van der Waals surface area contributed by atoms with Crippen molar-refractivity contribution in [3.05, 3.63) is 15.4 Å². The van der Waals surface area contributed by atoms with E-state index < -0.39 is 21.9 Å². The van der Waals surface area contributed by atoms with Crippen molar-refractivity contribution in [2.24, 2.45) is 11.8 Å². The zero-order chi connectivity index (χ0) is 15.1. The Balaban J connectivity index is 2.31. The molecule has 1 aromatic heterocycles. The number of hydrogen-bond donors (Lipinski definition) is 1. The summed E-state index contributed by atoms with van der Waals surface area (Å²) in [5, 5.41) is 9.13. The maximum absolute atomic E-state index is 12.6. The molecular weight excluding hydrogens is 366 g/mol. The molecule has 0 aromatic carbocycles. The van der Waals surface area contributed by atoms with Gasteiger partial charge in [0.2, 0.25) is 0 Å². The number of aliphatic carboxylic acids is 1. The van der Waals surface area contributed by atoms with Gasteiger partial charge in [-0.2, -0.15) is 4.31 Å². The highest BCUT2D eigenvalue weighted by Crippen LogP contribution is 2.34. The van der Waals surface area contributed by atoms with Gasteiger partial charge in [0.25, 0.3) is 10.0 Å². The molecule has 8 heteroatoms. The number of thiophene rings is 1. The van der Waals surface area contributed by atoms with Crippen LogP contribution in [-0.2, 0) is 14.8 Å². The third-order valence-electron chi connectivity index (χ3n) is 3.40. The minimum Gasteiger partial charge on any atom is -0.481 e. The molecule has 2 unspecified atom stereocenters. The Morgan fingerprint density at radius 1 is 1.50 bits per heavy atom. The Labute approximate surface area is 130 Å². The minimum absolute atomic E-state index is 0.0455. The number of rotatable bonds is 3. The third kappa shape index (κ3) is 3.08. The van der Waals surface area contributed by atoms with Gasteiger partial charge in [-0.25, -0.2) is 8.42 Å². The number of carboxylic acid groups (broad SMARTS) is 1. The topological polar surface area (TPSA) is 74.7 Å². The quantitative estimate of drug-likeness (QED) is 0.872. The fourth-order valence-corrected chi connectivity index (χ4v) is 6.35. The van der Waals surface area contributed by atoms with Crippen molar-refractivity contribution < 1.29 is 18.3 Å². The molecule has 0 aliphatic carbocycles. The molecule has 1 saturated heterocycles. The Kier molecular flexibility index (Phi) is 4.58. The normalized spacial score (nSPS) is 24.8. The summed E-state index contributed by atoms with van der Waals surface area (Å²) in [5.74, 6) is -1.51. The predicted molar refractivity (Wildman–Crippen MR) is 80.4 cm³/mol. The zero-order valence-electron chi connectivity index (χ0n) is 11.2. The molecule has 1 aliphatic rings. The number of piperidine rings is 1. The largest absolute Gasteiger partial charge is 0.481 e. The summed E-state index contributed by atoms with van der Waals surface area (Å²) in [6, 6.07) is 1.62. The van der Waals surface area contributed by atoms with E-state index in [9.17, 15) is 13.2 Å². The van der Waals surface area contributed by atoms with Crippen LogP contribution in [0.3, 0.4) is 0 Å². The van der Waals surface area contributed by atoms with Gasteiger partial charge in [-0.3, -0.25) is 4.79 Å². The van der Waals surface area contributed by atoms with Crippen LogP contribution in [0.15, 0.2) is 14.1 Å². The zero-order valence-corrected chi connectivity index (χ0v) is 14.4. The van der Waals surface area contributed by atoms with Gasteiger partial charge in [0, 0.05) is 13.1 Å². The molecule has 0 amide bonds. The van der Waals surface area contributed by atoms with Crippen LogP contribution in [0.1, 0.15) is 18.9 Å². The van der Waals surface area contributed by atoms with E-state index in [1.165, 1.54) is 15.6 Å². The SMILES string of the molecule is Cc1cc(S(=O)(=O)N2CC(C)CC(C(=O)O)C2)sc1Br. The first kappa shape index (κ1) is 15.9. The van der Waals surface area contributed by atoms with Crippen LogP contribution in [0, 0.1) is 18.8 Å². The molecule has 0 bridgehead atoms. The summed E-state index contributed by atoms with van der Waals surface area (Å²) in [6.45, 7) is 4.14. The highest BCUT2D eigenvalue weighted by Gasteiger charge is 2.37. The van der Waals surface area contributed by atoms with Crippen LogP contribution in [0.25, 0.3) is 0 Å². The predicted octanol–water partition coefficient (Wildman–Crippen LogP) is 2.55. The summed E-state index contributed by atoms with van der Waals surface area (Å²) in [6.07, 6.45) is 0.522. The van der Waals surface area contributed by atoms with E-state index in [-0.39, 0.29) is 16.7 Å². The van der Waals surface area contributed by atoms with Crippen LogP contribution in [0.4, 0.5) is 0 Å². The average Bonchev–Trinajstić information content (AvgIpc) is 2.69. The molecule has 1 fully saturated rings. The van der Waals surface area contributed by atoms with E-state index in [1.807, 2.05) is 13.8 Å². The monoisotopic (exact) mass is 381 g/mol. The Bertz CT molecular complexity index is 606. The van der Waals surface area contributed by atoms with Gasteiger partial charge in [0.1, 0.15) is 4.21 Å². The number of nitrogens with zero attached hydrogens (tertiary/aromatic N) is 1. The molecule has 5 nitrogen and oxygen atoms in total. The molecule has 0 spiro atoms. The van der Waals surface area contributed by atoms with E-state index in [0.717, 1.165) is 9.35 Å². The summed E-state index contributed by atoms with van der Waals surface area (Å²) < 4.78 is 27.5. The lowest BCUT2D eigenvalue weighted by molar-refractivity contribution is -0.143. The Morgan fingerprint density at radius 3 is 2.65 bits per heavy atom. The van der Waals surface area contributed by atoms with Crippen molar-refractivity contribution in [2.45, 2.75) is 24.5 Å². The van der Waals surface area contributed by atoms with Crippen LogP contribution < -0.4 is 0 Å². The van der Waals surface area contributed by atoms with Gasteiger partial charge in [0.05, 0.1) is 9.70 Å². The summed E-state index contributed by atoms with van der Waals surface area (Å²) >= 11 is 4.49. The molecule has 1 N–H and O–H groups in total. The lowest BCUT2D eigenvalue weighted by Gasteiger charge is -2.33. The lowest BCUT2D eigenvalue weighted by atomic mass is 9.92. The molecule has 2 rings (SSSR count). The number of aryl methyl sites for hydroxylation is 1. The molecule has 0 saturated carbocycles. The second-order valence-electron chi connectivity index (χ2n) is 5.22. The highest BCUT2D eigenvalue weighted by molar-refractivity contribution is 9.11. The first-order valence-corrected chi connectivity index (χ1v) is 9.25. The fourth-order valence-electron chi connectivity index (χ4n) is 2.36. The van der Waals surface area contributed by atoms with Gasteiger partial charge in [-0.15, -0.1) is 11.3 Å². The van der Waals surface area contributed by atoms with Gasteiger partial charge in [0.15, 0.2) is 0 Å². The van der Waals surface area contributed by atoms with Crippen molar-refractivity contribution in [3.8, 4) is 0 Å². The maximum Gasteiger partial charge on any atom is 0.307 e. The molecule has 2 atom stereocenters. The van der Waals surface area contributed by atoms with E-state index in [1.54, 1.807) is 6.07 Å². The molecule has 112 valence electrons. The second kappa shape index (κ2) is 5.75. The van der Waals surface area contributed by atoms with Crippen molar-refractivity contribution in [3.63, 3.8) is 0 Å². The Hall–Kier alpha value is -0.440. The fraction of sp³-hybridized carbons (Fsp3) is 0.583. The molecular formula is C12H16BrNO4S2. The van der Waals surface area contributed by atoms with E-state index >= 15 is 0 Å². The van der Waals surface area contributed by atoms with Crippen LogP contribution >= 0.6 is 27.3 Å². The first-order chi connectivity index (χ1) is 9.21. The number of hydrogen-bond acceptors (Lipinski definition) is 4. The number of sulfonamides is 1. The Morgan fingerprint density at radius 2 is 2.15 bits per heavy atom. The maximum atomic E-state index is 12.6. The first-order valence-electron chi connectivity index (χ1n) is 6.20. The van der Waals surface area contributed by atoms with Crippen molar-refractivity contribution in [1.82, 2.24) is 4.31 Å². The lowest BCUT2D eigenvalue weighted by Crippen LogP contribution is -2.45. The number of carbonyl (C=O) groups is 1. The smallest absolute Gasteiger partial charge is 0.307 e. The van der Waals surface area contributed by atoms with Gasteiger partial charge < -0.3 is 5.11 Å². The molecule has 20 heavy (non-hydrogen) atoms. The highest BCUT2D eigenvalue weighted by atomic mass is 79.9. The third-order valence-corrected chi connectivity index (χ3v) is 7.82. The average molecular weight is 382 g/mol. The van der Waals surface area contributed by atoms with Crippen LogP contribution in [0.5, 0.6) is 0 Å². The summed E-state index contributed by atoms with van der Waals surface area (Å²) in [5.41, 5.74) is 0.869. The summed E-state index contributed by atoms with van der Waals surface area (Å²) in [7, 11) is -3.60. The standard InChI is InChI=1S/C12H16BrNO4S2/c1-7-3-9(12(15)16)6-14(5-7)20(17,18)10-4-8(2)11(13)19-10/h4,7,9H,3,5-6H2,1-2H3,(H,15,16). The van der Waals surface area contributed by atoms with E-state index in [0.29, 0.717) is 13.0 Å². The molecule has 1 aromatic rings. The second-order valence-corrected chi connectivity index (χ2v) is 9.76. The van der Waals surface area contributed by atoms with Crippen LogP contribution in [0.2, 0.25) is 0 Å². The number of carboxylic acids is 1. The summed E-state index contributed by atoms with van der Waals surface area (Å²) in [4.78, 5) is 11.1. The van der Waals surface area contributed by atoms with E-state index in [2.05, 4.69) is 15.9 Å². The van der Waals surface area contributed by atoms with Crippen molar-refractivity contribution in [2.75, 3.05) is 13.1 Å². The van der Waals surface area contributed by atoms with Crippen LogP contribution in [-0.4, -0.2) is 36.9 Å². The van der Waals surface area contributed by atoms with Gasteiger partial charge in [-0.05, 0) is 46.8 Å². The van der Waals surface area contributed by atoms with Gasteiger partial charge in [-0.1, -0.05) is 6.92 Å². The van der Waals surface area contributed by atoms with Crippen molar-refractivity contribution >= 4 is 43.3 Å². The molecule has 2 heterocycles. The number of halogens is 1.